The van der Waals surface area contributed by atoms with Gasteiger partial charge in [-0.15, -0.1) is 0 Å². The molecule has 2 aromatic rings. The molecule has 6 heteroatoms. The summed E-state index contributed by atoms with van der Waals surface area (Å²) >= 11 is 0. The molecular weight excluding hydrogens is 355 g/mol. The van der Waals surface area contributed by atoms with Gasteiger partial charge < -0.3 is 20.0 Å². The number of nitrogens with zero attached hydrogens (tertiary/aromatic N) is 3. The van der Waals surface area contributed by atoms with E-state index in [2.05, 4.69) is 27.2 Å². The summed E-state index contributed by atoms with van der Waals surface area (Å²) in [6.45, 7) is 5.74. The van der Waals surface area contributed by atoms with Gasteiger partial charge >= 0.3 is 6.03 Å². The first-order valence-corrected chi connectivity index (χ1v) is 10.0. The van der Waals surface area contributed by atoms with Gasteiger partial charge in [0.25, 0.3) is 0 Å². The van der Waals surface area contributed by atoms with Crippen molar-refractivity contribution in [1.82, 2.24) is 10.2 Å². The standard InChI is InChI=1S/C22H27FN4O/c23-19-6-8-21(9-7-19)27-11-10-18(17-27)16-24-22(28)26-14-12-25(13-15-26)20-4-2-1-3-5-20/h1-9,18H,10-17H2,(H,24,28). The van der Waals surface area contributed by atoms with Crippen LogP contribution in [-0.4, -0.2) is 56.7 Å². The maximum atomic E-state index is 13.1. The van der Waals surface area contributed by atoms with Gasteiger partial charge in [-0.3, -0.25) is 0 Å². The van der Waals surface area contributed by atoms with Crippen molar-refractivity contribution in [3.63, 3.8) is 0 Å². The number of hydrogen-bond acceptors (Lipinski definition) is 3. The highest BCUT2D eigenvalue weighted by Gasteiger charge is 2.25. The van der Waals surface area contributed by atoms with Crippen molar-refractivity contribution in [1.29, 1.82) is 0 Å². The summed E-state index contributed by atoms with van der Waals surface area (Å²) in [6, 6.07) is 17.0. The molecule has 0 spiro atoms. The Kier molecular flexibility index (Phi) is 5.65. The highest BCUT2D eigenvalue weighted by Crippen LogP contribution is 2.23. The van der Waals surface area contributed by atoms with Gasteiger partial charge in [0.2, 0.25) is 0 Å². The topological polar surface area (TPSA) is 38.8 Å². The van der Waals surface area contributed by atoms with Crippen molar-refractivity contribution < 1.29 is 9.18 Å². The fourth-order valence-corrected chi connectivity index (χ4v) is 4.04. The Morgan fingerprint density at radius 2 is 1.57 bits per heavy atom. The number of amides is 2. The van der Waals surface area contributed by atoms with Crippen molar-refractivity contribution in [3.8, 4) is 0 Å². The Bertz CT molecular complexity index is 775. The van der Waals surface area contributed by atoms with Gasteiger partial charge in [0, 0.05) is 57.2 Å². The van der Waals surface area contributed by atoms with Crippen LogP contribution in [0.25, 0.3) is 0 Å². The van der Waals surface area contributed by atoms with E-state index in [0.717, 1.165) is 51.4 Å². The summed E-state index contributed by atoms with van der Waals surface area (Å²) in [5, 5.41) is 3.11. The predicted molar refractivity (Wildman–Crippen MR) is 110 cm³/mol. The molecule has 4 rings (SSSR count). The minimum absolute atomic E-state index is 0.0351. The minimum atomic E-state index is -0.209. The zero-order chi connectivity index (χ0) is 19.3. The van der Waals surface area contributed by atoms with Gasteiger partial charge in [-0.1, -0.05) is 18.2 Å². The van der Waals surface area contributed by atoms with Crippen molar-refractivity contribution in [2.24, 2.45) is 5.92 Å². The Morgan fingerprint density at radius 1 is 0.893 bits per heavy atom. The van der Waals surface area contributed by atoms with Gasteiger partial charge in [0.1, 0.15) is 5.82 Å². The average molecular weight is 382 g/mol. The molecule has 0 aromatic heterocycles. The Balaban J connectivity index is 1.20. The molecule has 1 N–H and O–H groups in total. The Morgan fingerprint density at radius 3 is 2.29 bits per heavy atom. The maximum Gasteiger partial charge on any atom is 0.317 e. The van der Waals surface area contributed by atoms with Gasteiger partial charge in [-0.05, 0) is 48.7 Å². The molecule has 2 amide bonds. The van der Waals surface area contributed by atoms with Crippen LogP contribution >= 0.6 is 0 Å². The lowest BCUT2D eigenvalue weighted by Gasteiger charge is -2.36. The molecule has 2 saturated heterocycles. The van der Waals surface area contributed by atoms with Gasteiger partial charge in [0.15, 0.2) is 0 Å². The van der Waals surface area contributed by atoms with Crippen molar-refractivity contribution in [2.45, 2.75) is 6.42 Å². The fourth-order valence-electron chi connectivity index (χ4n) is 4.04. The van der Waals surface area contributed by atoms with E-state index >= 15 is 0 Å². The zero-order valence-electron chi connectivity index (χ0n) is 16.1. The average Bonchev–Trinajstić information content (AvgIpc) is 3.22. The molecule has 148 valence electrons. The predicted octanol–water partition coefficient (Wildman–Crippen LogP) is 3.18. The SMILES string of the molecule is O=C(NCC1CCN(c2ccc(F)cc2)C1)N1CCN(c2ccccc2)CC1. The number of carbonyl (C=O) groups excluding carboxylic acids is 1. The van der Waals surface area contributed by atoms with E-state index in [1.807, 2.05) is 35.2 Å². The molecule has 2 fully saturated rings. The van der Waals surface area contributed by atoms with Crippen LogP contribution in [0.2, 0.25) is 0 Å². The monoisotopic (exact) mass is 382 g/mol. The maximum absolute atomic E-state index is 13.1. The molecule has 2 aliphatic rings. The second-order valence-corrected chi connectivity index (χ2v) is 7.57. The lowest BCUT2D eigenvalue weighted by Crippen LogP contribution is -2.52. The van der Waals surface area contributed by atoms with Gasteiger partial charge in [0.05, 0.1) is 0 Å². The van der Waals surface area contributed by atoms with Crippen LogP contribution < -0.4 is 15.1 Å². The number of rotatable bonds is 4. The first kappa shape index (κ1) is 18.6. The van der Waals surface area contributed by atoms with E-state index in [4.69, 9.17) is 0 Å². The summed E-state index contributed by atoms with van der Waals surface area (Å²) in [6.07, 6.45) is 1.04. The molecule has 0 bridgehead atoms. The van der Waals surface area contributed by atoms with E-state index in [1.165, 1.54) is 17.8 Å². The molecule has 2 aliphatic heterocycles. The number of hydrogen-bond donors (Lipinski definition) is 1. The highest BCUT2D eigenvalue weighted by atomic mass is 19.1. The van der Waals surface area contributed by atoms with E-state index in [-0.39, 0.29) is 11.8 Å². The van der Waals surface area contributed by atoms with Crippen molar-refractivity contribution in [2.75, 3.05) is 55.6 Å². The number of urea groups is 1. The van der Waals surface area contributed by atoms with Crippen molar-refractivity contribution >= 4 is 17.4 Å². The molecule has 28 heavy (non-hydrogen) atoms. The second kappa shape index (κ2) is 8.50. The Labute approximate surface area is 165 Å². The number of para-hydroxylation sites is 1. The number of benzene rings is 2. The van der Waals surface area contributed by atoms with Crippen LogP contribution in [0.1, 0.15) is 6.42 Å². The van der Waals surface area contributed by atoms with Gasteiger partial charge in [-0.2, -0.15) is 0 Å². The molecular formula is C22H27FN4O. The summed E-state index contributed by atoms with van der Waals surface area (Å²) in [5.74, 6) is 0.221. The van der Waals surface area contributed by atoms with E-state index in [1.54, 1.807) is 0 Å². The third kappa shape index (κ3) is 4.38. The van der Waals surface area contributed by atoms with Crippen LogP contribution in [0.4, 0.5) is 20.6 Å². The molecule has 2 aromatic carbocycles. The minimum Gasteiger partial charge on any atom is -0.371 e. The molecule has 1 unspecified atom stereocenters. The molecule has 0 radical (unpaired) electrons. The number of anilines is 2. The number of carbonyl (C=O) groups is 1. The summed E-state index contributed by atoms with van der Waals surface area (Å²) < 4.78 is 13.1. The van der Waals surface area contributed by atoms with E-state index < -0.39 is 0 Å². The molecule has 0 aliphatic carbocycles. The number of halogens is 1. The van der Waals surface area contributed by atoms with Crippen LogP contribution in [-0.2, 0) is 0 Å². The normalized spacial score (nSPS) is 19.8. The van der Waals surface area contributed by atoms with Crippen LogP contribution in [0.5, 0.6) is 0 Å². The first-order valence-electron chi connectivity index (χ1n) is 10.0. The Hall–Kier alpha value is -2.76. The lowest BCUT2D eigenvalue weighted by molar-refractivity contribution is 0.193. The molecule has 2 heterocycles. The smallest absolute Gasteiger partial charge is 0.317 e. The third-order valence-corrected chi connectivity index (χ3v) is 5.71. The van der Waals surface area contributed by atoms with Crippen LogP contribution in [0, 0.1) is 11.7 Å². The second-order valence-electron chi connectivity index (χ2n) is 7.57. The molecule has 5 nitrogen and oxygen atoms in total. The lowest BCUT2D eigenvalue weighted by atomic mass is 10.1. The number of piperazine rings is 1. The van der Waals surface area contributed by atoms with E-state index in [0.29, 0.717) is 12.5 Å². The first-order chi connectivity index (χ1) is 13.7. The summed E-state index contributed by atoms with van der Waals surface area (Å²) in [7, 11) is 0. The van der Waals surface area contributed by atoms with Crippen LogP contribution in [0.15, 0.2) is 54.6 Å². The largest absolute Gasteiger partial charge is 0.371 e. The zero-order valence-corrected chi connectivity index (χ0v) is 16.1. The fraction of sp³-hybridized carbons (Fsp3) is 0.409. The van der Waals surface area contributed by atoms with Crippen LogP contribution in [0.3, 0.4) is 0 Å². The number of nitrogens with one attached hydrogen (secondary N) is 1. The summed E-state index contributed by atoms with van der Waals surface area (Å²) in [4.78, 5) is 19.0. The third-order valence-electron chi connectivity index (χ3n) is 5.71. The molecule has 1 atom stereocenters. The van der Waals surface area contributed by atoms with E-state index in [9.17, 15) is 9.18 Å². The molecule has 0 saturated carbocycles. The van der Waals surface area contributed by atoms with Crippen molar-refractivity contribution in [3.05, 3.63) is 60.4 Å². The quantitative estimate of drug-likeness (QED) is 0.883. The van der Waals surface area contributed by atoms with Gasteiger partial charge in [-0.25, -0.2) is 9.18 Å². The summed E-state index contributed by atoms with van der Waals surface area (Å²) in [5.41, 5.74) is 2.27. The highest BCUT2D eigenvalue weighted by molar-refractivity contribution is 5.74.